The lowest BCUT2D eigenvalue weighted by molar-refractivity contribution is -0.131. The van der Waals surface area contributed by atoms with Crippen molar-refractivity contribution in [1.82, 2.24) is 0 Å². The number of aryl methyl sites for hydroxylation is 1. The summed E-state index contributed by atoms with van der Waals surface area (Å²) in [5.41, 5.74) is -0.438. The molecule has 0 fully saturated rings. The zero-order chi connectivity index (χ0) is 16.9. The van der Waals surface area contributed by atoms with Gasteiger partial charge in [0.1, 0.15) is 23.9 Å². The van der Waals surface area contributed by atoms with Crippen LogP contribution in [0.3, 0.4) is 0 Å². The largest absolute Gasteiger partial charge is 0.475 e. The van der Waals surface area contributed by atoms with Gasteiger partial charge in [0.25, 0.3) is 5.78 Å². The first-order valence-electron chi connectivity index (χ1n) is 5.65. The first kappa shape index (κ1) is 16.9. The predicted molar refractivity (Wildman–Crippen MR) is 78.3 cm³/mol. The smallest absolute Gasteiger partial charge is 0.377 e. The normalized spacial score (nSPS) is 8.86. The second-order valence-corrected chi connectivity index (χ2v) is 4.76. The van der Waals surface area contributed by atoms with Crippen LogP contribution < -0.4 is 5.32 Å². The van der Waals surface area contributed by atoms with Crippen molar-refractivity contribution in [3.8, 4) is 18.2 Å². The Balaban J connectivity index is 3.55. The Morgan fingerprint density at radius 1 is 1.18 bits per heavy atom. The predicted octanol–water partition coefficient (Wildman–Crippen LogP) is 2.26. The number of nitrogens with one attached hydrogen (secondary N) is 1. The lowest BCUT2D eigenvalue weighted by atomic mass is 10.0. The molecular formula is C14H7BrN4O3. The fourth-order valence-electron chi connectivity index (χ4n) is 1.53. The number of anilines is 1. The average molecular weight is 359 g/mol. The maximum atomic E-state index is 11.8. The highest BCUT2D eigenvalue weighted by Crippen LogP contribution is 2.30. The van der Waals surface area contributed by atoms with Crippen LogP contribution in [0, 0.1) is 40.9 Å². The standard InChI is InChI=1S/C14H7BrN4O3/c1-7-2-3-9(11(12(7)15)13(20)14(21)22)19-10(6-18)8(4-16)5-17/h2-3,19H,1H3,(H,21,22). The fourth-order valence-corrected chi connectivity index (χ4v) is 2.06. The summed E-state index contributed by atoms with van der Waals surface area (Å²) in [6.07, 6.45) is 0. The zero-order valence-electron chi connectivity index (χ0n) is 11.1. The molecule has 0 aliphatic heterocycles. The molecule has 0 saturated heterocycles. The Labute approximate surface area is 133 Å². The van der Waals surface area contributed by atoms with E-state index in [1.165, 1.54) is 6.07 Å². The van der Waals surface area contributed by atoms with Crippen LogP contribution in [0.2, 0.25) is 0 Å². The van der Waals surface area contributed by atoms with E-state index in [4.69, 9.17) is 20.9 Å². The van der Waals surface area contributed by atoms with Gasteiger partial charge in [0.2, 0.25) is 0 Å². The molecule has 2 N–H and O–H groups in total. The molecule has 0 heterocycles. The van der Waals surface area contributed by atoms with Crippen molar-refractivity contribution in [2.45, 2.75) is 6.92 Å². The van der Waals surface area contributed by atoms with Crippen LogP contribution >= 0.6 is 15.9 Å². The van der Waals surface area contributed by atoms with Gasteiger partial charge in [0, 0.05) is 4.47 Å². The highest BCUT2D eigenvalue weighted by molar-refractivity contribution is 9.10. The quantitative estimate of drug-likeness (QED) is 0.478. The van der Waals surface area contributed by atoms with E-state index in [1.807, 2.05) is 0 Å². The molecule has 1 aromatic rings. The van der Waals surface area contributed by atoms with Crippen molar-refractivity contribution in [2.24, 2.45) is 0 Å². The third-order valence-corrected chi connectivity index (χ3v) is 3.62. The minimum atomic E-state index is -1.67. The Morgan fingerprint density at radius 2 is 1.77 bits per heavy atom. The number of carboxylic acids is 1. The Hall–Kier alpha value is -3.15. The minimum absolute atomic E-state index is 0.00410. The van der Waals surface area contributed by atoms with Crippen LogP contribution in [0.5, 0.6) is 0 Å². The van der Waals surface area contributed by atoms with Gasteiger partial charge in [-0.15, -0.1) is 0 Å². The molecule has 1 aromatic carbocycles. The van der Waals surface area contributed by atoms with Crippen molar-refractivity contribution in [2.75, 3.05) is 5.32 Å². The van der Waals surface area contributed by atoms with Gasteiger partial charge >= 0.3 is 5.97 Å². The van der Waals surface area contributed by atoms with Gasteiger partial charge in [-0.3, -0.25) is 4.79 Å². The number of carbonyl (C=O) groups is 2. The molecule has 0 bridgehead atoms. The van der Waals surface area contributed by atoms with Gasteiger partial charge in [0.15, 0.2) is 5.57 Å². The van der Waals surface area contributed by atoms with E-state index in [0.29, 0.717) is 5.56 Å². The summed E-state index contributed by atoms with van der Waals surface area (Å²) >= 11 is 3.13. The second-order valence-electron chi connectivity index (χ2n) is 3.96. The number of carbonyl (C=O) groups excluding carboxylic acids is 1. The van der Waals surface area contributed by atoms with Gasteiger partial charge < -0.3 is 10.4 Å². The molecule has 0 saturated carbocycles. The number of aliphatic carboxylic acids is 1. The molecular weight excluding hydrogens is 352 g/mol. The number of nitriles is 3. The number of rotatable bonds is 4. The van der Waals surface area contributed by atoms with Crippen molar-refractivity contribution < 1.29 is 14.7 Å². The third kappa shape index (κ3) is 3.29. The summed E-state index contributed by atoms with van der Waals surface area (Å²) in [5, 5.41) is 37.9. The zero-order valence-corrected chi connectivity index (χ0v) is 12.7. The van der Waals surface area contributed by atoms with Crippen LogP contribution in [0.25, 0.3) is 0 Å². The molecule has 0 aliphatic rings. The molecule has 1 rings (SSSR count). The van der Waals surface area contributed by atoms with E-state index in [2.05, 4.69) is 21.2 Å². The number of hydrogen-bond donors (Lipinski definition) is 2. The number of carboxylic acid groups (broad SMARTS) is 1. The van der Waals surface area contributed by atoms with Crippen molar-refractivity contribution in [3.05, 3.63) is 39.0 Å². The number of Topliss-reactive ketones (excluding diaryl/α,β-unsaturated/α-hetero) is 1. The molecule has 8 heteroatoms. The second kappa shape index (κ2) is 7.03. The fraction of sp³-hybridized carbons (Fsp3) is 0.0714. The van der Waals surface area contributed by atoms with E-state index in [-0.39, 0.29) is 21.4 Å². The van der Waals surface area contributed by atoms with Crippen LogP contribution in [0.4, 0.5) is 5.69 Å². The molecule has 7 nitrogen and oxygen atoms in total. The third-order valence-electron chi connectivity index (χ3n) is 2.60. The SMILES string of the molecule is Cc1ccc(NC(C#N)=C(C#N)C#N)c(C(=O)C(=O)O)c1Br. The van der Waals surface area contributed by atoms with Crippen LogP contribution in [0.15, 0.2) is 27.9 Å². The molecule has 108 valence electrons. The lowest BCUT2D eigenvalue weighted by Crippen LogP contribution is -2.16. The van der Waals surface area contributed by atoms with Gasteiger partial charge in [0.05, 0.1) is 11.3 Å². The minimum Gasteiger partial charge on any atom is -0.475 e. The summed E-state index contributed by atoms with van der Waals surface area (Å²) in [4.78, 5) is 22.8. The number of nitrogens with zero attached hydrogens (tertiary/aromatic N) is 3. The number of allylic oxidation sites excluding steroid dienone is 2. The summed E-state index contributed by atoms with van der Waals surface area (Å²) in [7, 11) is 0. The summed E-state index contributed by atoms with van der Waals surface area (Å²) in [5.74, 6) is -2.86. The Bertz CT molecular complexity index is 806. The van der Waals surface area contributed by atoms with Gasteiger partial charge in [-0.25, -0.2) is 4.79 Å². The Morgan fingerprint density at radius 3 is 2.23 bits per heavy atom. The molecule has 22 heavy (non-hydrogen) atoms. The number of benzene rings is 1. The topological polar surface area (TPSA) is 138 Å². The van der Waals surface area contributed by atoms with E-state index < -0.39 is 17.3 Å². The average Bonchev–Trinajstić information content (AvgIpc) is 2.50. The van der Waals surface area contributed by atoms with Crippen molar-refractivity contribution in [3.63, 3.8) is 0 Å². The Kier molecular flexibility index (Phi) is 5.40. The van der Waals surface area contributed by atoms with Gasteiger partial charge in [-0.05, 0) is 34.5 Å². The molecule has 0 atom stereocenters. The van der Waals surface area contributed by atoms with E-state index in [0.717, 1.165) is 0 Å². The molecule has 0 aliphatic carbocycles. The molecule has 0 radical (unpaired) electrons. The van der Waals surface area contributed by atoms with Crippen LogP contribution in [-0.4, -0.2) is 16.9 Å². The molecule has 0 aromatic heterocycles. The number of hydrogen-bond acceptors (Lipinski definition) is 6. The number of ketones is 1. The molecule has 0 spiro atoms. The lowest BCUT2D eigenvalue weighted by Gasteiger charge is -2.12. The first-order chi connectivity index (χ1) is 10.4. The highest BCUT2D eigenvalue weighted by Gasteiger charge is 2.23. The summed E-state index contributed by atoms with van der Waals surface area (Å²) in [6.45, 7) is 1.66. The first-order valence-corrected chi connectivity index (χ1v) is 6.45. The van der Waals surface area contributed by atoms with Crippen molar-refractivity contribution >= 4 is 33.4 Å². The van der Waals surface area contributed by atoms with Gasteiger partial charge in [-0.2, -0.15) is 15.8 Å². The van der Waals surface area contributed by atoms with E-state index in [1.54, 1.807) is 31.2 Å². The van der Waals surface area contributed by atoms with E-state index in [9.17, 15) is 9.59 Å². The van der Waals surface area contributed by atoms with Gasteiger partial charge in [-0.1, -0.05) is 6.07 Å². The maximum absolute atomic E-state index is 11.8. The highest BCUT2D eigenvalue weighted by atomic mass is 79.9. The summed E-state index contributed by atoms with van der Waals surface area (Å²) in [6, 6.07) is 7.68. The van der Waals surface area contributed by atoms with Crippen LogP contribution in [0.1, 0.15) is 15.9 Å². The van der Waals surface area contributed by atoms with Crippen molar-refractivity contribution in [1.29, 1.82) is 15.8 Å². The molecule has 0 amide bonds. The van der Waals surface area contributed by atoms with Crippen LogP contribution in [-0.2, 0) is 4.79 Å². The monoisotopic (exact) mass is 358 g/mol. The summed E-state index contributed by atoms with van der Waals surface area (Å²) < 4.78 is 0.248. The maximum Gasteiger partial charge on any atom is 0.377 e. The molecule has 0 unspecified atom stereocenters. The number of halogens is 1. The van der Waals surface area contributed by atoms with E-state index >= 15 is 0 Å².